The van der Waals surface area contributed by atoms with Crippen LogP contribution in [0, 0.1) is 0 Å². The molecule has 2 aliphatic heterocycles. The van der Waals surface area contributed by atoms with Gasteiger partial charge in [0, 0.05) is 11.3 Å². The fourth-order valence-corrected chi connectivity index (χ4v) is 3.92. The van der Waals surface area contributed by atoms with E-state index >= 15 is 0 Å². The smallest absolute Gasteiger partial charge is 0.258 e. The van der Waals surface area contributed by atoms with E-state index in [0.29, 0.717) is 11.0 Å². The molecule has 0 aliphatic carbocycles. The first kappa shape index (κ1) is 18.4. The average Bonchev–Trinajstić information content (AvgIpc) is 3.02. The molecule has 2 heterocycles. The van der Waals surface area contributed by atoms with Crippen LogP contribution in [0.1, 0.15) is 25.0 Å². The number of hydrogen-bond donors (Lipinski definition) is 1. The van der Waals surface area contributed by atoms with Crippen LogP contribution in [0.2, 0.25) is 0 Å². The molecule has 2 amide bonds. The second-order valence-corrected chi connectivity index (χ2v) is 7.54. The monoisotopic (exact) mass is 392 g/mol. The highest BCUT2D eigenvalue weighted by Crippen LogP contribution is 2.33. The Morgan fingerprint density at radius 3 is 2.68 bits per heavy atom. The molecule has 0 aromatic heterocycles. The molecule has 6 nitrogen and oxygen atoms in total. The molecule has 7 heteroatoms. The molecule has 0 fully saturated rings. The lowest BCUT2D eigenvalue weighted by molar-refractivity contribution is -0.124. The molecular weight excluding hydrogens is 372 g/mol. The molecule has 0 bridgehead atoms. The number of nitrogens with zero attached hydrogens (tertiary/aromatic N) is 3. The predicted molar refractivity (Wildman–Crippen MR) is 113 cm³/mol. The molecule has 2 aromatic rings. The van der Waals surface area contributed by atoms with E-state index in [1.54, 1.807) is 6.92 Å². The summed E-state index contributed by atoms with van der Waals surface area (Å²) in [6.07, 6.45) is 0.956. The summed E-state index contributed by atoms with van der Waals surface area (Å²) in [5.41, 5.74) is 3.57. The summed E-state index contributed by atoms with van der Waals surface area (Å²) in [4.78, 5) is 35.6. The lowest BCUT2D eigenvalue weighted by atomic mass is 10.1. The van der Waals surface area contributed by atoms with Crippen molar-refractivity contribution in [1.29, 1.82) is 0 Å². The van der Waals surface area contributed by atoms with Gasteiger partial charge in [-0.2, -0.15) is 0 Å². The minimum absolute atomic E-state index is 0.119. The van der Waals surface area contributed by atoms with Gasteiger partial charge in [-0.05, 0) is 43.2 Å². The maximum absolute atomic E-state index is 12.6. The fourth-order valence-electron chi connectivity index (χ4n) is 3.12. The average molecular weight is 392 g/mol. The summed E-state index contributed by atoms with van der Waals surface area (Å²) in [6.45, 7) is 3.86. The molecule has 142 valence electrons. The summed E-state index contributed by atoms with van der Waals surface area (Å²) in [5.74, 6) is 0.503. The summed E-state index contributed by atoms with van der Waals surface area (Å²) < 4.78 is 0. The molecule has 2 aromatic carbocycles. The van der Waals surface area contributed by atoms with E-state index < -0.39 is 6.04 Å². The Morgan fingerprint density at radius 2 is 1.93 bits per heavy atom. The number of anilines is 1. The second kappa shape index (κ2) is 7.59. The van der Waals surface area contributed by atoms with Gasteiger partial charge in [-0.15, -0.1) is 0 Å². The van der Waals surface area contributed by atoms with E-state index in [0.717, 1.165) is 23.4 Å². The molecule has 1 N–H and O–H groups in total. The van der Waals surface area contributed by atoms with Crippen LogP contribution < -0.4 is 5.32 Å². The van der Waals surface area contributed by atoms with Crippen LogP contribution >= 0.6 is 11.8 Å². The predicted octanol–water partition coefficient (Wildman–Crippen LogP) is 3.60. The zero-order valence-electron chi connectivity index (χ0n) is 15.7. The number of fused-ring (bicyclic) bond motifs is 3. The maximum atomic E-state index is 12.6. The van der Waals surface area contributed by atoms with Gasteiger partial charge in [0.1, 0.15) is 11.9 Å². The molecule has 0 saturated heterocycles. The SMILES string of the molecule is CCc1ccc(NC(=O)CSC2=Nc3ccccc3C3=NC(C)C(=O)N23)cc1. The second-order valence-electron chi connectivity index (χ2n) is 6.60. The Labute approximate surface area is 167 Å². The van der Waals surface area contributed by atoms with Crippen LogP contribution in [-0.2, 0) is 16.0 Å². The Kier molecular flexibility index (Phi) is 5.00. The molecule has 1 atom stereocenters. The van der Waals surface area contributed by atoms with Crippen molar-refractivity contribution in [1.82, 2.24) is 4.90 Å². The molecule has 2 aliphatic rings. The quantitative estimate of drug-likeness (QED) is 0.864. The largest absolute Gasteiger partial charge is 0.325 e. The first-order valence-corrected chi connectivity index (χ1v) is 10.2. The summed E-state index contributed by atoms with van der Waals surface area (Å²) >= 11 is 1.24. The first-order valence-electron chi connectivity index (χ1n) is 9.18. The summed E-state index contributed by atoms with van der Waals surface area (Å²) in [7, 11) is 0. The van der Waals surface area contributed by atoms with Gasteiger partial charge in [0.25, 0.3) is 5.91 Å². The number of aryl methyl sites for hydroxylation is 1. The number of amides is 2. The van der Waals surface area contributed by atoms with E-state index in [2.05, 4.69) is 22.2 Å². The Bertz CT molecular complexity index is 998. The molecule has 0 spiro atoms. The van der Waals surface area contributed by atoms with Gasteiger partial charge >= 0.3 is 0 Å². The van der Waals surface area contributed by atoms with Crippen LogP contribution in [0.3, 0.4) is 0 Å². The minimum atomic E-state index is -0.446. The highest BCUT2D eigenvalue weighted by Gasteiger charge is 2.39. The lowest BCUT2D eigenvalue weighted by Gasteiger charge is -2.25. The molecular formula is C21H20N4O2S. The lowest BCUT2D eigenvalue weighted by Crippen LogP contribution is -2.41. The standard InChI is InChI=1S/C21H20N4O2S/c1-3-14-8-10-15(11-9-14)23-18(26)12-28-21-24-17-7-5-4-6-16(17)19-22-13(2)20(27)25(19)21/h4-11,13H,3,12H2,1-2H3,(H,23,26). The van der Waals surface area contributed by atoms with Crippen molar-refractivity contribution >= 4 is 46.0 Å². The van der Waals surface area contributed by atoms with E-state index in [9.17, 15) is 9.59 Å². The van der Waals surface area contributed by atoms with E-state index in [-0.39, 0.29) is 17.6 Å². The zero-order chi connectivity index (χ0) is 19.7. The fraction of sp³-hybridized carbons (Fsp3) is 0.238. The zero-order valence-corrected chi connectivity index (χ0v) is 16.5. The number of amidine groups is 2. The van der Waals surface area contributed by atoms with Crippen molar-refractivity contribution < 1.29 is 9.59 Å². The number of hydrogen-bond acceptors (Lipinski definition) is 5. The van der Waals surface area contributed by atoms with E-state index in [1.807, 2.05) is 48.5 Å². The first-order chi connectivity index (χ1) is 13.6. The summed E-state index contributed by atoms with van der Waals surface area (Å²) in [6, 6.07) is 14.9. The van der Waals surface area contributed by atoms with Crippen LogP contribution in [-0.4, -0.2) is 39.5 Å². The number of benzene rings is 2. The van der Waals surface area contributed by atoms with Gasteiger partial charge in [-0.1, -0.05) is 43.0 Å². The van der Waals surface area contributed by atoms with Crippen LogP contribution in [0.5, 0.6) is 0 Å². The number of thioether (sulfide) groups is 1. The third-order valence-corrected chi connectivity index (χ3v) is 5.57. The van der Waals surface area contributed by atoms with Crippen LogP contribution in [0.25, 0.3) is 0 Å². The number of para-hydroxylation sites is 1. The number of rotatable bonds is 4. The van der Waals surface area contributed by atoms with Crippen molar-refractivity contribution in [2.45, 2.75) is 26.3 Å². The van der Waals surface area contributed by atoms with Crippen molar-refractivity contribution in [2.75, 3.05) is 11.1 Å². The third-order valence-electron chi connectivity index (χ3n) is 4.64. The topological polar surface area (TPSA) is 74.1 Å². The number of nitrogens with one attached hydrogen (secondary N) is 1. The van der Waals surface area contributed by atoms with Gasteiger partial charge < -0.3 is 5.32 Å². The molecule has 1 unspecified atom stereocenters. The Hall–Kier alpha value is -2.93. The highest BCUT2D eigenvalue weighted by molar-refractivity contribution is 8.14. The number of carbonyl (C=O) groups excluding carboxylic acids is 2. The molecule has 4 rings (SSSR count). The van der Waals surface area contributed by atoms with E-state index in [1.165, 1.54) is 22.2 Å². The number of aliphatic imine (C=N–C) groups is 2. The Balaban J connectivity index is 1.49. The van der Waals surface area contributed by atoms with Crippen LogP contribution in [0.4, 0.5) is 11.4 Å². The van der Waals surface area contributed by atoms with Crippen molar-refractivity contribution in [3.63, 3.8) is 0 Å². The van der Waals surface area contributed by atoms with Crippen LogP contribution in [0.15, 0.2) is 58.5 Å². The van der Waals surface area contributed by atoms with Gasteiger partial charge in [-0.3, -0.25) is 14.6 Å². The Morgan fingerprint density at radius 1 is 1.18 bits per heavy atom. The minimum Gasteiger partial charge on any atom is -0.325 e. The molecule has 0 radical (unpaired) electrons. The highest BCUT2D eigenvalue weighted by atomic mass is 32.2. The van der Waals surface area contributed by atoms with Crippen molar-refractivity contribution in [2.24, 2.45) is 9.98 Å². The van der Waals surface area contributed by atoms with Gasteiger partial charge in [0.05, 0.1) is 11.4 Å². The summed E-state index contributed by atoms with van der Waals surface area (Å²) in [5, 5.41) is 3.37. The third kappa shape index (κ3) is 3.45. The van der Waals surface area contributed by atoms with Crippen molar-refractivity contribution in [3.8, 4) is 0 Å². The van der Waals surface area contributed by atoms with Gasteiger partial charge in [0.2, 0.25) is 5.91 Å². The van der Waals surface area contributed by atoms with Crippen molar-refractivity contribution in [3.05, 3.63) is 59.7 Å². The maximum Gasteiger partial charge on any atom is 0.258 e. The molecule has 0 saturated carbocycles. The van der Waals surface area contributed by atoms with Gasteiger partial charge in [-0.25, -0.2) is 9.89 Å². The van der Waals surface area contributed by atoms with E-state index in [4.69, 9.17) is 0 Å². The number of carbonyl (C=O) groups is 2. The normalized spacial score (nSPS) is 17.6. The van der Waals surface area contributed by atoms with Gasteiger partial charge in [0.15, 0.2) is 5.17 Å². The molecule has 28 heavy (non-hydrogen) atoms.